The molecule has 92 valence electrons. The van der Waals surface area contributed by atoms with Gasteiger partial charge in [-0.15, -0.1) is 0 Å². The van der Waals surface area contributed by atoms with Crippen LogP contribution < -0.4 is 15.4 Å². The van der Waals surface area contributed by atoms with Gasteiger partial charge in [0, 0.05) is 18.7 Å². The summed E-state index contributed by atoms with van der Waals surface area (Å²) in [5.41, 5.74) is 0.276. The van der Waals surface area contributed by atoms with E-state index in [0.717, 1.165) is 19.5 Å². The molecule has 3 N–H and O–H groups in total. The van der Waals surface area contributed by atoms with Crippen LogP contribution in [0.5, 0.6) is 11.5 Å². The van der Waals surface area contributed by atoms with E-state index in [2.05, 4.69) is 10.6 Å². The first-order valence-electron chi connectivity index (χ1n) is 5.59. The molecule has 1 atom stereocenters. The fourth-order valence-corrected chi connectivity index (χ4v) is 1.87. The Morgan fingerprint density at radius 2 is 2.41 bits per heavy atom. The molecular weight excluding hydrogens is 220 g/mol. The molecule has 5 nitrogen and oxygen atoms in total. The van der Waals surface area contributed by atoms with Crippen molar-refractivity contribution in [2.24, 2.45) is 0 Å². The summed E-state index contributed by atoms with van der Waals surface area (Å²) in [6.45, 7) is 1.70. The van der Waals surface area contributed by atoms with Crippen LogP contribution in [0.1, 0.15) is 16.8 Å². The summed E-state index contributed by atoms with van der Waals surface area (Å²) in [7, 11) is 1.51. The molecule has 1 heterocycles. The van der Waals surface area contributed by atoms with Gasteiger partial charge < -0.3 is 20.5 Å². The normalized spacial score (nSPS) is 19.0. The summed E-state index contributed by atoms with van der Waals surface area (Å²) < 4.78 is 4.96. The van der Waals surface area contributed by atoms with Crippen molar-refractivity contribution in [3.8, 4) is 11.5 Å². The van der Waals surface area contributed by atoms with Gasteiger partial charge in [-0.2, -0.15) is 0 Å². The predicted molar refractivity (Wildman–Crippen MR) is 63.4 cm³/mol. The van der Waals surface area contributed by atoms with Crippen molar-refractivity contribution in [2.75, 3.05) is 20.2 Å². The quantitative estimate of drug-likeness (QED) is 0.714. The topological polar surface area (TPSA) is 70.6 Å². The number of carbonyl (C=O) groups excluding carboxylic acids is 1. The SMILES string of the molecule is COc1ccc(C(=O)NC2CCNC2)c(O)c1. The Balaban J connectivity index is 2.07. The lowest BCUT2D eigenvalue weighted by Gasteiger charge is -2.12. The molecule has 0 saturated carbocycles. The van der Waals surface area contributed by atoms with Crippen LogP contribution in [0.15, 0.2) is 18.2 Å². The average Bonchev–Trinajstić information content (AvgIpc) is 2.81. The molecule has 17 heavy (non-hydrogen) atoms. The Bertz CT molecular complexity index is 414. The second-order valence-corrected chi connectivity index (χ2v) is 4.05. The molecule has 0 bridgehead atoms. The van der Waals surface area contributed by atoms with E-state index >= 15 is 0 Å². The van der Waals surface area contributed by atoms with Crippen molar-refractivity contribution >= 4 is 5.91 Å². The number of nitrogens with one attached hydrogen (secondary N) is 2. The first-order valence-corrected chi connectivity index (χ1v) is 5.59. The smallest absolute Gasteiger partial charge is 0.255 e. The molecule has 1 aliphatic rings. The maximum Gasteiger partial charge on any atom is 0.255 e. The lowest BCUT2D eigenvalue weighted by molar-refractivity contribution is 0.0937. The van der Waals surface area contributed by atoms with Crippen LogP contribution in [0.2, 0.25) is 0 Å². The Hall–Kier alpha value is -1.75. The number of ether oxygens (including phenoxy) is 1. The largest absolute Gasteiger partial charge is 0.507 e. The highest BCUT2D eigenvalue weighted by Gasteiger charge is 2.19. The molecule has 0 aromatic heterocycles. The van der Waals surface area contributed by atoms with E-state index in [1.165, 1.54) is 13.2 Å². The molecule has 1 amide bonds. The van der Waals surface area contributed by atoms with Gasteiger partial charge in [0.1, 0.15) is 11.5 Å². The van der Waals surface area contributed by atoms with Crippen molar-refractivity contribution in [3.05, 3.63) is 23.8 Å². The third-order valence-corrected chi connectivity index (χ3v) is 2.85. The zero-order chi connectivity index (χ0) is 12.3. The minimum atomic E-state index is -0.251. The molecule has 1 fully saturated rings. The van der Waals surface area contributed by atoms with Gasteiger partial charge in [-0.3, -0.25) is 4.79 Å². The van der Waals surface area contributed by atoms with Gasteiger partial charge in [0.2, 0.25) is 0 Å². The minimum Gasteiger partial charge on any atom is -0.507 e. The van der Waals surface area contributed by atoms with Crippen molar-refractivity contribution in [3.63, 3.8) is 0 Å². The second-order valence-electron chi connectivity index (χ2n) is 4.05. The number of aromatic hydroxyl groups is 1. The number of benzene rings is 1. The standard InChI is InChI=1S/C12H16N2O3/c1-17-9-2-3-10(11(15)6-9)12(16)14-8-4-5-13-7-8/h2-3,6,8,13,15H,4-5,7H2,1H3,(H,14,16). The maximum absolute atomic E-state index is 11.9. The van der Waals surface area contributed by atoms with Crippen molar-refractivity contribution in [1.82, 2.24) is 10.6 Å². The van der Waals surface area contributed by atoms with E-state index in [4.69, 9.17) is 4.74 Å². The number of rotatable bonds is 3. The predicted octanol–water partition coefficient (Wildman–Crippen LogP) is 0.492. The van der Waals surface area contributed by atoms with Gasteiger partial charge in [0.15, 0.2) is 0 Å². The van der Waals surface area contributed by atoms with Gasteiger partial charge >= 0.3 is 0 Å². The van der Waals surface area contributed by atoms with Crippen LogP contribution in [0.25, 0.3) is 0 Å². The molecule has 1 aliphatic heterocycles. The highest BCUT2D eigenvalue weighted by atomic mass is 16.5. The van der Waals surface area contributed by atoms with Crippen LogP contribution in [0.4, 0.5) is 0 Å². The van der Waals surface area contributed by atoms with Crippen molar-refractivity contribution < 1.29 is 14.6 Å². The van der Waals surface area contributed by atoms with Gasteiger partial charge in [-0.05, 0) is 25.1 Å². The highest BCUT2D eigenvalue weighted by molar-refractivity contribution is 5.97. The van der Waals surface area contributed by atoms with Gasteiger partial charge in [-0.25, -0.2) is 0 Å². The first-order chi connectivity index (χ1) is 8.20. The maximum atomic E-state index is 11.9. The number of hydrogen-bond donors (Lipinski definition) is 3. The number of amides is 1. The molecule has 1 aromatic rings. The van der Waals surface area contributed by atoms with Crippen molar-refractivity contribution in [1.29, 1.82) is 0 Å². The highest BCUT2D eigenvalue weighted by Crippen LogP contribution is 2.23. The third-order valence-electron chi connectivity index (χ3n) is 2.85. The summed E-state index contributed by atoms with van der Waals surface area (Å²) in [5.74, 6) is 0.216. The van der Waals surface area contributed by atoms with Gasteiger partial charge in [0.25, 0.3) is 5.91 Å². The Morgan fingerprint density at radius 3 is 3.00 bits per heavy atom. The number of methoxy groups -OCH3 is 1. The number of carbonyl (C=O) groups is 1. The zero-order valence-corrected chi connectivity index (χ0v) is 9.69. The lowest BCUT2D eigenvalue weighted by Crippen LogP contribution is -2.36. The fraction of sp³-hybridized carbons (Fsp3) is 0.417. The van der Waals surface area contributed by atoms with E-state index in [9.17, 15) is 9.90 Å². The second kappa shape index (κ2) is 5.05. The van der Waals surface area contributed by atoms with Gasteiger partial charge in [0.05, 0.1) is 12.7 Å². The average molecular weight is 236 g/mol. The van der Waals surface area contributed by atoms with E-state index in [1.54, 1.807) is 12.1 Å². The summed E-state index contributed by atoms with van der Waals surface area (Å²) in [6.07, 6.45) is 0.919. The van der Waals surface area contributed by atoms with Crippen LogP contribution in [0, 0.1) is 0 Å². The zero-order valence-electron chi connectivity index (χ0n) is 9.69. The number of phenolic OH excluding ortho intramolecular Hbond substituents is 1. The Morgan fingerprint density at radius 1 is 1.59 bits per heavy atom. The minimum absolute atomic E-state index is 0.0622. The van der Waals surface area contributed by atoms with Crippen molar-refractivity contribution in [2.45, 2.75) is 12.5 Å². The van der Waals surface area contributed by atoms with E-state index in [-0.39, 0.29) is 23.3 Å². The number of hydrogen-bond acceptors (Lipinski definition) is 4. The molecule has 0 spiro atoms. The molecular formula is C12H16N2O3. The molecule has 1 unspecified atom stereocenters. The van der Waals surface area contributed by atoms with Crippen LogP contribution in [-0.2, 0) is 0 Å². The molecule has 2 rings (SSSR count). The summed E-state index contributed by atoms with van der Waals surface area (Å²) in [4.78, 5) is 11.9. The van der Waals surface area contributed by atoms with Gasteiger partial charge in [-0.1, -0.05) is 0 Å². The third kappa shape index (κ3) is 2.68. The summed E-state index contributed by atoms with van der Waals surface area (Å²) in [6, 6.07) is 4.79. The van der Waals surface area contributed by atoms with E-state index in [0.29, 0.717) is 5.75 Å². The molecule has 1 saturated heterocycles. The molecule has 0 radical (unpaired) electrons. The van der Waals surface area contributed by atoms with E-state index in [1.807, 2.05) is 0 Å². The molecule has 5 heteroatoms. The number of phenols is 1. The fourth-order valence-electron chi connectivity index (χ4n) is 1.87. The van der Waals surface area contributed by atoms with Crippen LogP contribution in [-0.4, -0.2) is 37.3 Å². The van der Waals surface area contributed by atoms with E-state index < -0.39 is 0 Å². The molecule has 0 aliphatic carbocycles. The summed E-state index contributed by atoms with van der Waals surface area (Å²) >= 11 is 0. The molecule has 1 aromatic carbocycles. The van der Waals surface area contributed by atoms with Crippen LogP contribution in [0.3, 0.4) is 0 Å². The summed E-state index contributed by atoms with van der Waals surface area (Å²) in [5, 5.41) is 15.7. The van der Waals surface area contributed by atoms with Crippen LogP contribution >= 0.6 is 0 Å². The Kier molecular flexibility index (Phi) is 3.49. The lowest BCUT2D eigenvalue weighted by atomic mass is 10.1. The first kappa shape index (κ1) is 11.7. The monoisotopic (exact) mass is 236 g/mol. The Labute approximate surface area is 99.8 Å².